The fourth-order valence-electron chi connectivity index (χ4n) is 2.51. The number of anilines is 2. The molecule has 0 aliphatic carbocycles. The molecule has 28 heavy (non-hydrogen) atoms. The third-order valence-corrected chi connectivity index (χ3v) is 4.06. The minimum absolute atomic E-state index is 0.0585. The van der Waals surface area contributed by atoms with Crippen molar-refractivity contribution in [3.63, 3.8) is 0 Å². The van der Waals surface area contributed by atoms with Gasteiger partial charge in [0.05, 0.1) is 17.4 Å². The van der Waals surface area contributed by atoms with Crippen LogP contribution < -0.4 is 10.6 Å². The highest BCUT2D eigenvalue weighted by Gasteiger charge is 2.30. The van der Waals surface area contributed by atoms with Crippen molar-refractivity contribution in [1.29, 1.82) is 0 Å². The maximum Gasteiger partial charge on any atom is 0.416 e. The molecule has 4 nitrogen and oxygen atoms in total. The predicted octanol–water partition coefficient (Wildman–Crippen LogP) is 5.27. The Bertz CT molecular complexity index is 952. The zero-order valence-electron chi connectivity index (χ0n) is 15.0. The van der Waals surface area contributed by atoms with Gasteiger partial charge in [-0.15, -0.1) is 0 Å². The van der Waals surface area contributed by atoms with E-state index in [1.807, 2.05) is 31.2 Å². The van der Waals surface area contributed by atoms with Crippen LogP contribution in [0.5, 0.6) is 0 Å². The van der Waals surface area contributed by atoms with Crippen LogP contribution in [0.3, 0.4) is 0 Å². The fourth-order valence-corrected chi connectivity index (χ4v) is 2.51. The maximum absolute atomic E-state index is 12.8. The molecule has 0 fully saturated rings. The van der Waals surface area contributed by atoms with Crippen LogP contribution in [0.15, 0.2) is 66.9 Å². The molecule has 1 amide bonds. The Labute approximate surface area is 160 Å². The third-order valence-electron chi connectivity index (χ3n) is 4.06. The Kier molecular flexibility index (Phi) is 5.63. The van der Waals surface area contributed by atoms with E-state index in [0.717, 1.165) is 23.4 Å². The van der Waals surface area contributed by atoms with E-state index in [1.165, 1.54) is 30.0 Å². The first kappa shape index (κ1) is 19.4. The monoisotopic (exact) mass is 385 g/mol. The number of nitrogens with zero attached hydrogens (tertiary/aromatic N) is 1. The van der Waals surface area contributed by atoms with Crippen LogP contribution in [-0.4, -0.2) is 10.9 Å². The van der Waals surface area contributed by atoms with E-state index >= 15 is 0 Å². The largest absolute Gasteiger partial charge is 0.416 e. The number of aryl methyl sites for hydroxylation is 1. The van der Waals surface area contributed by atoms with Crippen LogP contribution in [0.2, 0.25) is 0 Å². The fraction of sp³-hybridized carbons (Fsp3) is 0.143. The van der Waals surface area contributed by atoms with Crippen LogP contribution in [0.4, 0.5) is 24.5 Å². The van der Waals surface area contributed by atoms with Crippen molar-refractivity contribution in [3.8, 4) is 0 Å². The second-order valence-electron chi connectivity index (χ2n) is 6.30. The van der Waals surface area contributed by atoms with Crippen molar-refractivity contribution in [2.24, 2.45) is 0 Å². The van der Waals surface area contributed by atoms with E-state index in [0.29, 0.717) is 6.54 Å². The van der Waals surface area contributed by atoms with Gasteiger partial charge in [-0.2, -0.15) is 13.2 Å². The lowest BCUT2D eigenvalue weighted by molar-refractivity contribution is -0.137. The van der Waals surface area contributed by atoms with Crippen molar-refractivity contribution in [3.05, 3.63) is 89.2 Å². The second-order valence-corrected chi connectivity index (χ2v) is 6.30. The van der Waals surface area contributed by atoms with Crippen LogP contribution >= 0.6 is 0 Å². The molecule has 0 radical (unpaired) electrons. The number of hydrogen-bond donors (Lipinski definition) is 2. The van der Waals surface area contributed by atoms with Gasteiger partial charge in [0.1, 0.15) is 5.69 Å². The number of carbonyl (C=O) groups excluding carboxylic acids is 1. The van der Waals surface area contributed by atoms with E-state index in [2.05, 4.69) is 15.6 Å². The number of benzene rings is 2. The summed E-state index contributed by atoms with van der Waals surface area (Å²) in [4.78, 5) is 16.3. The van der Waals surface area contributed by atoms with Crippen LogP contribution in [0, 0.1) is 6.92 Å². The van der Waals surface area contributed by atoms with Crippen molar-refractivity contribution in [2.45, 2.75) is 19.6 Å². The number of carbonyl (C=O) groups is 1. The van der Waals surface area contributed by atoms with E-state index in [4.69, 9.17) is 0 Å². The summed E-state index contributed by atoms with van der Waals surface area (Å²) in [5.41, 5.74) is 2.37. The van der Waals surface area contributed by atoms with Crippen LogP contribution in [-0.2, 0) is 12.7 Å². The summed E-state index contributed by atoms with van der Waals surface area (Å²) in [6, 6.07) is 15.8. The zero-order valence-corrected chi connectivity index (χ0v) is 15.0. The lowest BCUT2D eigenvalue weighted by Gasteiger charge is -2.10. The molecule has 0 saturated heterocycles. The molecule has 1 aromatic heterocycles. The molecule has 0 saturated carbocycles. The average molecular weight is 385 g/mol. The molecule has 0 aliphatic heterocycles. The van der Waals surface area contributed by atoms with Crippen molar-refractivity contribution < 1.29 is 18.0 Å². The molecule has 2 N–H and O–H groups in total. The van der Waals surface area contributed by atoms with Gasteiger partial charge in [-0.1, -0.05) is 35.9 Å². The van der Waals surface area contributed by atoms with Gasteiger partial charge in [0.15, 0.2) is 0 Å². The molecule has 3 rings (SSSR count). The molecule has 144 valence electrons. The first-order chi connectivity index (χ1) is 13.3. The van der Waals surface area contributed by atoms with Gasteiger partial charge >= 0.3 is 6.18 Å². The number of halogens is 3. The van der Waals surface area contributed by atoms with E-state index in [9.17, 15) is 18.0 Å². The van der Waals surface area contributed by atoms with Gasteiger partial charge in [0.25, 0.3) is 5.91 Å². The summed E-state index contributed by atoms with van der Waals surface area (Å²) in [6.45, 7) is 2.63. The summed E-state index contributed by atoms with van der Waals surface area (Å²) < 4.78 is 38.3. The highest BCUT2D eigenvalue weighted by molar-refractivity contribution is 6.03. The second kappa shape index (κ2) is 8.12. The van der Waals surface area contributed by atoms with Gasteiger partial charge < -0.3 is 10.6 Å². The highest BCUT2D eigenvalue weighted by atomic mass is 19.4. The van der Waals surface area contributed by atoms with Crippen molar-refractivity contribution in [1.82, 2.24) is 4.98 Å². The number of rotatable bonds is 5. The highest BCUT2D eigenvalue weighted by Crippen LogP contribution is 2.30. The Balaban J connectivity index is 1.61. The molecule has 0 spiro atoms. The van der Waals surface area contributed by atoms with E-state index in [-0.39, 0.29) is 11.4 Å². The summed E-state index contributed by atoms with van der Waals surface area (Å²) in [6.07, 6.45) is -2.96. The third kappa shape index (κ3) is 5.09. The summed E-state index contributed by atoms with van der Waals surface area (Å²) >= 11 is 0. The summed E-state index contributed by atoms with van der Waals surface area (Å²) in [5.74, 6) is -0.579. The minimum atomic E-state index is -4.47. The SMILES string of the molecule is Cc1ccc(CNc2ccc(C(=O)Nc3cccc(C(F)(F)F)c3)nc2)cc1. The van der Waals surface area contributed by atoms with Gasteiger partial charge in [0, 0.05) is 12.2 Å². The zero-order chi connectivity index (χ0) is 20.1. The Hall–Kier alpha value is -3.35. The first-order valence-corrected chi connectivity index (χ1v) is 8.55. The molecular weight excluding hydrogens is 367 g/mol. The molecule has 0 bridgehead atoms. The van der Waals surface area contributed by atoms with E-state index < -0.39 is 17.6 Å². The quantitative estimate of drug-likeness (QED) is 0.629. The minimum Gasteiger partial charge on any atom is -0.380 e. The lowest BCUT2D eigenvalue weighted by Crippen LogP contribution is -2.14. The number of nitrogens with one attached hydrogen (secondary N) is 2. The molecule has 7 heteroatoms. The number of aromatic nitrogens is 1. The van der Waals surface area contributed by atoms with Gasteiger partial charge in [-0.05, 0) is 42.8 Å². The molecule has 3 aromatic rings. The smallest absolute Gasteiger partial charge is 0.380 e. The normalized spacial score (nSPS) is 11.1. The van der Waals surface area contributed by atoms with Gasteiger partial charge in [-0.3, -0.25) is 4.79 Å². The average Bonchev–Trinajstić information content (AvgIpc) is 2.67. The molecule has 0 atom stereocenters. The molecule has 1 heterocycles. The topological polar surface area (TPSA) is 54.0 Å². The maximum atomic E-state index is 12.8. The number of amides is 1. The predicted molar refractivity (Wildman–Crippen MR) is 102 cm³/mol. The molecule has 0 unspecified atom stereocenters. The number of pyridine rings is 1. The van der Waals surface area contributed by atoms with Gasteiger partial charge in [-0.25, -0.2) is 4.98 Å². The number of hydrogen-bond acceptors (Lipinski definition) is 3. The van der Waals surface area contributed by atoms with Crippen molar-refractivity contribution >= 4 is 17.3 Å². The Morgan fingerprint density at radius 3 is 2.39 bits per heavy atom. The Morgan fingerprint density at radius 2 is 1.75 bits per heavy atom. The summed E-state index contributed by atoms with van der Waals surface area (Å²) in [7, 11) is 0. The Morgan fingerprint density at radius 1 is 1.00 bits per heavy atom. The van der Waals surface area contributed by atoms with E-state index in [1.54, 1.807) is 6.07 Å². The lowest BCUT2D eigenvalue weighted by atomic mass is 10.1. The standard InChI is InChI=1S/C21H18F3N3O/c1-14-5-7-15(8-6-14)12-25-18-9-10-19(26-13-18)20(28)27-17-4-2-3-16(11-17)21(22,23)24/h2-11,13,25H,12H2,1H3,(H,27,28). The summed E-state index contributed by atoms with van der Waals surface area (Å²) in [5, 5.41) is 5.63. The molecular formula is C21H18F3N3O. The van der Waals surface area contributed by atoms with Gasteiger partial charge in [0.2, 0.25) is 0 Å². The molecule has 0 aliphatic rings. The number of alkyl halides is 3. The van der Waals surface area contributed by atoms with Crippen LogP contribution in [0.25, 0.3) is 0 Å². The molecule has 2 aromatic carbocycles. The van der Waals surface area contributed by atoms with Crippen molar-refractivity contribution in [2.75, 3.05) is 10.6 Å². The first-order valence-electron chi connectivity index (χ1n) is 8.55. The van der Waals surface area contributed by atoms with Crippen LogP contribution in [0.1, 0.15) is 27.2 Å².